The van der Waals surface area contributed by atoms with Gasteiger partial charge in [0, 0.05) is 11.6 Å². The average Bonchev–Trinajstić information content (AvgIpc) is 2.81. The van der Waals surface area contributed by atoms with Gasteiger partial charge in [0.1, 0.15) is 0 Å². The van der Waals surface area contributed by atoms with Gasteiger partial charge in [-0.05, 0) is 59.1 Å². The van der Waals surface area contributed by atoms with Crippen LogP contribution in [-0.2, 0) is 6.54 Å². The summed E-state index contributed by atoms with van der Waals surface area (Å²) in [7, 11) is 0. The van der Waals surface area contributed by atoms with Gasteiger partial charge >= 0.3 is 0 Å². The van der Waals surface area contributed by atoms with Crippen LogP contribution in [0.15, 0.2) is 28.9 Å². The van der Waals surface area contributed by atoms with Crippen LogP contribution in [0, 0.1) is 6.92 Å². The summed E-state index contributed by atoms with van der Waals surface area (Å²) in [6.07, 6.45) is 2.92. The molecule has 0 amide bonds. The summed E-state index contributed by atoms with van der Waals surface area (Å²) in [6, 6.07) is 6.12. The van der Waals surface area contributed by atoms with Gasteiger partial charge in [-0.15, -0.1) is 0 Å². The summed E-state index contributed by atoms with van der Waals surface area (Å²) in [4.78, 5) is 0. The maximum absolute atomic E-state index is 6.20. The molecule has 1 aromatic carbocycles. The van der Waals surface area contributed by atoms with E-state index in [4.69, 9.17) is 11.6 Å². The molecule has 2 aromatic rings. The van der Waals surface area contributed by atoms with E-state index in [0.29, 0.717) is 0 Å². The Bertz CT molecular complexity index is 610. The van der Waals surface area contributed by atoms with E-state index in [2.05, 4.69) is 57.9 Å². The summed E-state index contributed by atoms with van der Waals surface area (Å²) in [5, 5.41) is 8.80. The molecule has 1 N–H and O–H groups in total. The van der Waals surface area contributed by atoms with E-state index in [1.165, 1.54) is 11.1 Å². The number of hydrogen-bond donors (Lipinski definition) is 1. The third-order valence-corrected chi connectivity index (χ3v) is 4.35. The second-order valence-corrected chi connectivity index (χ2v) is 6.38. The SMILES string of the molecule is CCCn1ncc(Br)c1C(NCC)c1cc(Cl)ccc1C. The molecule has 3 nitrogen and oxygen atoms in total. The van der Waals surface area contributed by atoms with Crippen LogP contribution < -0.4 is 5.32 Å². The highest BCUT2D eigenvalue weighted by Crippen LogP contribution is 2.32. The van der Waals surface area contributed by atoms with Crippen molar-refractivity contribution in [2.45, 2.75) is 39.8 Å². The highest BCUT2D eigenvalue weighted by molar-refractivity contribution is 9.10. The number of aromatic nitrogens is 2. The lowest BCUT2D eigenvalue weighted by Gasteiger charge is -2.22. The fraction of sp³-hybridized carbons (Fsp3) is 0.438. The Morgan fingerprint density at radius 3 is 2.81 bits per heavy atom. The second kappa shape index (κ2) is 7.43. The molecule has 0 bridgehead atoms. The van der Waals surface area contributed by atoms with Crippen molar-refractivity contribution in [3.05, 3.63) is 50.7 Å². The van der Waals surface area contributed by atoms with Crippen molar-refractivity contribution in [3.8, 4) is 0 Å². The molecule has 0 spiro atoms. The molecule has 0 aliphatic rings. The van der Waals surface area contributed by atoms with E-state index in [0.717, 1.165) is 34.7 Å². The van der Waals surface area contributed by atoms with Gasteiger partial charge in [0.25, 0.3) is 0 Å². The minimum Gasteiger partial charge on any atom is -0.305 e. The van der Waals surface area contributed by atoms with E-state index in [9.17, 15) is 0 Å². The number of halogens is 2. The Morgan fingerprint density at radius 2 is 2.14 bits per heavy atom. The molecule has 21 heavy (non-hydrogen) atoms. The zero-order chi connectivity index (χ0) is 15.4. The number of hydrogen-bond acceptors (Lipinski definition) is 2. The van der Waals surface area contributed by atoms with Crippen molar-refractivity contribution in [2.24, 2.45) is 0 Å². The van der Waals surface area contributed by atoms with Crippen LogP contribution >= 0.6 is 27.5 Å². The molecule has 0 fully saturated rings. The average molecular weight is 371 g/mol. The van der Waals surface area contributed by atoms with E-state index in [-0.39, 0.29) is 6.04 Å². The lowest BCUT2D eigenvalue weighted by molar-refractivity contribution is 0.518. The first-order valence-corrected chi connectivity index (χ1v) is 8.46. The maximum Gasteiger partial charge on any atom is 0.0762 e. The number of rotatable bonds is 6. The third-order valence-electron chi connectivity index (χ3n) is 3.50. The maximum atomic E-state index is 6.20. The molecule has 0 aliphatic heterocycles. The van der Waals surface area contributed by atoms with Gasteiger partial charge < -0.3 is 5.32 Å². The lowest BCUT2D eigenvalue weighted by Crippen LogP contribution is -2.26. The summed E-state index contributed by atoms with van der Waals surface area (Å²) in [6.45, 7) is 8.17. The second-order valence-electron chi connectivity index (χ2n) is 5.09. The van der Waals surface area contributed by atoms with Crippen molar-refractivity contribution in [2.75, 3.05) is 6.54 Å². The number of benzene rings is 1. The Morgan fingerprint density at radius 1 is 1.38 bits per heavy atom. The summed E-state index contributed by atoms with van der Waals surface area (Å²) < 4.78 is 3.10. The Labute approximate surface area is 139 Å². The molecule has 0 aliphatic carbocycles. The van der Waals surface area contributed by atoms with Crippen LogP contribution in [0.2, 0.25) is 5.02 Å². The molecule has 2 rings (SSSR count). The minimum absolute atomic E-state index is 0.0807. The predicted molar refractivity (Wildman–Crippen MR) is 91.9 cm³/mol. The van der Waals surface area contributed by atoms with Crippen molar-refractivity contribution in [1.29, 1.82) is 0 Å². The van der Waals surface area contributed by atoms with Crippen LogP contribution in [0.5, 0.6) is 0 Å². The topological polar surface area (TPSA) is 29.9 Å². The molecule has 1 aromatic heterocycles. The van der Waals surface area contributed by atoms with Crippen molar-refractivity contribution < 1.29 is 0 Å². The summed E-state index contributed by atoms with van der Waals surface area (Å²) in [5.74, 6) is 0. The fourth-order valence-electron chi connectivity index (χ4n) is 2.53. The van der Waals surface area contributed by atoms with Gasteiger partial charge in [-0.1, -0.05) is 31.5 Å². The van der Waals surface area contributed by atoms with Gasteiger partial charge in [0.2, 0.25) is 0 Å². The minimum atomic E-state index is 0.0807. The Hall–Kier alpha value is -0.840. The molecule has 1 heterocycles. The molecule has 5 heteroatoms. The highest BCUT2D eigenvalue weighted by atomic mass is 79.9. The van der Waals surface area contributed by atoms with Crippen molar-refractivity contribution >= 4 is 27.5 Å². The zero-order valence-electron chi connectivity index (χ0n) is 12.7. The van der Waals surface area contributed by atoms with Crippen molar-refractivity contribution in [1.82, 2.24) is 15.1 Å². The van der Waals surface area contributed by atoms with Crippen LogP contribution in [0.25, 0.3) is 0 Å². The molecule has 1 atom stereocenters. The first kappa shape index (κ1) is 16.5. The molecular formula is C16H21BrClN3. The van der Waals surface area contributed by atoms with E-state index >= 15 is 0 Å². The van der Waals surface area contributed by atoms with Crippen LogP contribution in [0.4, 0.5) is 0 Å². The lowest BCUT2D eigenvalue weighted by atomic mass is 9.98. The zero-order valence-corrected chi connectivity index (χ0v) is 15.0. The molecule has 114 valence electrons. The predicted octanol–water partition coefficient (Wildman–Crippen LogP) is 4.72. The van der Waals surface area contributed by atoms with Gasteiger partial charge in [-0.2, -0.15) is 5.10 Å². The molecule has 0 saturated heterocycles. The Balaban J connectivity index is 2.53. The first-order chi connectivity index (χ1) is 10.1. The molecule has 1 unspecified atom stereocenters. The Kier molecular flexibility index (Phi) is 5.85. The fourth-order valence-corrected chi connectivity index (χ4v) is 3.24. The number of nitrogens with one attached hydrogen (secondary N) is 1. The van der Waals surface area contributed by atoms with E-state index in [1.54, 1.807) is 0 Å². The standard InChI is InChI=1S/C16H21BrClN3/c1-4-8-21-16(14(17)10-20-21)15(19-5-2)13-9-12(18)7-6-11(13)3/h6-7,9-10,15,19H,4-5,8H2,1-3H3. The monoisotopic (exact) mass is 369 g/mol. The quantitative estimate of drug-likeness (QED) is 0.797. The van der Waals surface area contributed by atoms with Gasteiger partial charge in [0.15, 0.2) is 0 Å². The van der Waals surface area contributed by atoms with Crippen molar-refractivity contribution in [3.63, 3.8) is 0 Å². The van der Waals surface area contributed by atoms with Gasteiger partial charge in [0.05, 0.1) is 22.4 Å². The van der Waals surface area contributed by atoms with E-state index < -0.39 is 0 Å². The van der Waals surface area contributed by atoms with E-state index in [1.807, 2.05) is 18.3 Å². The summed E-state index contributed by atoms with van der Waals surface area (Å²) >= 11 is 9.84. The summed E-state index contributed by atoms with van der Waals surface area (Å²) in [5.41, 5.74) is 3.58. The van der Waals surface area contributed by atoms with Crippen LogP contribution in [0.1, 0.15) is 43.1 Å². The largest absolute Gasteiger partial charge is 0.305 e. The first-order valence-electron chi connectivity index (χ1n) is 7.29. The molecule has 0 saturated carbocycles. The van der Waals surface area contributed by atoms with Crippen LogP contribution in [0.3, 0.4) is 0 Å². The third kappa shape index (κ3) is 3.68. The highest BCUT2D eigenvalue weighted by Gasteiger charge is 2.22. The van der Waals surface area contributed by atoms with Gasteiger partial charge in [-0.25, -0.2) is 0 Å². The molecule has 0 radical (unpaired) electrons. The van der Waals surface area contributed by atoms with Gasteiger partial charge in [-0.3, -0.25) is 4.68 Å². The smallest absolute Gasteiger partial charge is 0.0762 e. The van der Waals surface area contributed by atoms with Crippen LogP contribution in [-0.4, -0.2) is 16.3 Å². The molecular weight excluding hydrogens is 350 g/mol. The number of aryl methyl sites for hydroxylation is 2. The normalized spacial score (nSPS) is 12.6. The number of nitrogens with zero attached hydrogens (tertiary/aromatic N) is 2.